The highest BCUT2D eigenvalue weighted by molar-refractivity contribution is 5.74. The predicted octanol–water partition coefficient (Wildman–Crippen LogP) is 2.21. The van der Waals surface area contributed by atoms with Crippen LogP contribution < -0.4 is 4.90 Å². The molecule has 2 aromatic heterocycles. The molecule has 22 heavy (non-hydrogen) atoms. The van der Waals surface area contributed by atoms with Crippen molar-refractivity contribution >= 4 is 11.9 Å². The van der Waals surface area contributed by atoms with Crippen LogP contribution in [0.4, 0.5) is 5.69 Å². The Bertz CT molecular complexity index is 633. The van der Waals surface area contributed by atoms with Gasteiger partial charge in [0.1, 0.15) is 12.8 Å². The molecule has 1 saturated carbocycles. The highest BCUT2D eigenvalue weighted by Gasteiger charge is 2.21. The molecule has 0 aromatic carbocycles. The first kappa shape index (κ1) is 14.6. The molecule has 1 aliphatic carbocycles. The van der Waals surface area contributed by atoms with E-state index in [0.29, 0.717) is 5.92 Å². The summed E-state index contributed by atoms with van der Waals surface area (Å²) >= 11 is 0. The molecule has 0 atom stereocenters. The number of anilines is 1. The summed E-state index contributed by atoms with van der Waals surface area (Å²) in [6.45, 7) is 1.48. The van der Waals surface area contributed by atoms with Crippen LogP contribution in [-0.2, 0) is 18.4 Å². The van der Waals surface area contributed by atoms with Gasteiger partial charge in [-0.25, -0.2) is 4.98 Å². The topological polar surface area (TPSA) is 55.5 Å². The number of hydrogen-bond donors (Lipinski definition) is 0. The maximum absolute atomic E-state index is 5.27. The van der Waals surface area contributed by atoms with Gasteiger partial charge in [-0.05, 0) is 30.9 Å². The third kappa shape index (κ3) is 3.63. The fraction of sp³-hybridized carbons (Fsp3) is 0.438. The zero-order valence-corrected chi connectivity index (χ0v) is 13.0. The Balaban J connectivity index is 1.60. The third-order valence-electron chi connectivity index (χ3n) is 3.86. The molecule has 6 heteroatoms. The van der Waals surface area contributed by atoms with Crippen molar-refractivity contribution in [3.05, 3.63) is 42.2 Å². The van der Waals surface area contributed by atoms with E-state index in [4.69, 9.17) is 4.84 Å². The van der Waals surface area contributed by atoms with Crippen molar-refractivity contribution in [3.63, 3.8) is 0 Å². The molecule has 116 valence electrons. The molecule has 0 N–H and O–H groups in total. The molecule has 0 bridgehead atoms. The summed E-state index contributed by atoms with van der Waals surface area (Å²) in [6.07, 6.45) is 9.71. The second-order valence-electron chi connectivity index (χ2n) is 5.71. The van der Waals surface area contributed by atoms with Crippen molar-refractivity contribution in [3.8, 4) is 0 Å². The molecular formula is C16H21N5O. The van der Waals surface area contributed by atoms with Crippen LogP contribution in [0.5, 0.6) is 0 Å². The van der Waals surface area contributed by atoms with E-state index in [1.807, 2.05) is 43.2 Å². The number of nitrogens with zero attached hydrogens (tertiary/aromatic N) is 5. The van der Waals surface area contributed by atoms with E-state index in [-0.39, 0.29) is 0 Å². The minimum atomic E-state index is 0.710. The highest BCUT2D eigenvalue weighted by Crippen LogP contribution is 2.28. The Hall–Kier alpha value is -2.37. The summed E-state index contributed by atoms with van der Waals surface area (Å²) in [4.78, 5) is 15.9. The van der Waals surface area contributed by atoms with Gasteiger partial charge in [0.2, 0.25) is 0 Å². The lowest BCUT2D eigenvalue weighted by molar-refractivity contribution is 0.135. The van der Waals surface area contributed by atoms with Gasteiger partial charge in [0.15, 0.2) is 5.82 Å². The quantitative estimate of drug-likeness (QED) is 0.581. The zero-order chi connectivity index (χ0) is 15.4. The first-order valence-electron chi connectivity index (χ1n) is 7.51. The average molecular weight is 299 g/mol. The molecule has 1 fully saturated rings. The van der Waals surface area contributed by atoms with Crippen LogP contribution in [0.15, 0.2) is 35.9 Å². The van der Waals surface area contributed by atoms with Gasteiger partial charge in [-0.3, -0.25) is 4.98 Å². The molecule has 3 rings (SSSR count). The molecule has 0 unspecified atom stereocenters. The molecule has 2 heterocycles. The van der Waals surface area contributed by atoms with Crippen LogP contribution in [0.2, 0.25) is 0 Å². The summed E-state index contributed by atoms with van der Waals surface area (Å²) in [5.74, 6) is 1.51. The molecular weight excluding hydrogens is 278 g/mol. The van der Waals surface area contributed by atoms with Crippen LogP contribution >= 0.6 is 0 Å². The Morgan fingerprint density at radius 1 is 1.45 bits per heavy atom. The first-order valence-corrected chi connectivity index (χ1v) is 7.51. The SMILES string of the molecule is CN(Cc1cnc(/C=N/OCC2CC2)n1C)c1cccnc1. The van der Waals surface area contributed by atoms with Crippen LogP contribution in [0.1, 0.15) is 24.4 Å². The van der Waals surface area contributed by atoms with Gasteiger partial charge in [-0.15, -0.1) is 0 Å². The third-order valence-corrected chi connectivity index (χ3v) is 3.86. The number of hydrogen-bond acceptors (Lipinski definition) is 5. The van der Waals surface area contributed by atoms with Crippen molar-refractivity contribution in [2.45, 2.75) is 19.4 Å². The van der Waals surface area contributed by atoms with Crippen molar-refractivity contribution in [2.75, 3.05) is 18.6 Å². The van der Waals surface area contributed by atoms with E-state index in [1.165, 1.54) is 12.8 Å². The van der Waals surface area contributed by atoms with Gasteiger partial charge in [0.05, 0.1) is 30.3 Å². The Morgan fingerprint density at radius 2 is 2.32 bits per heavy atom. The number of rotatable bonds is 7. The van der Waals surface area contributed by atoms with Crippen molar-refractivity contribution in [2.24, 2.45) is 18.1 Å². The second-order valence-corrected chi connectivity index (χ2v) is 5.71. The van der Waals surface area contributed by atoms with E-state index >= 15 is 0 Å². The summed E-state index contributed by atoms with van der Waals surface area (Å²) in [7, 11) is 4.03. The van der Waals surface area contributed by atoms with Crippen LogP contribution in [0, 0.1) is 5.92 Å². The average Bonchev–Trinajstić information content (AvgIpc) is 3.31. The Kier molecular flexibility index (Phi) is 4.37. The normalized spacial score (nSPS) is 14.5. The van der Waals surface area contributed by atoms with Gasteiger partial charge in [-0.2, -0.15) is 0 Å². The van der Waals surface area contributed by atoms with E-state index in [2.05, 4.69) is 20.0 Å². The molecule has 6 nitrogen and oxygen atoms in total. The molecule has 0 aliphatic heterocycles. The second kappa shape index (κ2) is 6.60. The maximum Gasteiger partial charge on any atom is 0.154 e. The number of imidazole rings is 1. The predicted molar refractivity (Wildman–Crippen MR) is 85.8 cm³/mol. The van der Waals surface area contributed by atoms with E-state index in [9.17, 15) is 0 Å². The standard InChI is InChI=1S/C16H21N5O/c1-20(14-4-3-7-17-8-14)11-15-9-18-16(21(15)2)10-19-22-12-13-5-6-13/h3-4,7-10,13H,5-6,11-12H2,1-2H3/b19-10+. The number of aromatic nitrogens is 3. The number of pyridine rings is 1. The van der Waals surface area contributed by atoms with Gasteiger partial charge in [0.25, 0.3) is 0 Å². The zero-order valence-electron chi connectivity index (χ0n) is 13.0. The molecule has 0 saturated heterocycles. The van der Waals surface area contributed by atoms with E-state index in [1.54, 1.807) is 12.4 Å². The van der Waals surface area contributed by atoms with Gasteiger partial charge in [0, 0.05) is 20.3 Å². The fourth-order valence-corrected chi connectivity index (χ4v) is 2.16. The lowest BCUT2D eigenvalue weighted by atomic mass is 10.3. The molecule has 0 amide bonds. The monoisotopic (exact) mass is 299 g/mol. The van der Waals surface area contributed by atoms with E-state index in [0.717, 1.165) is 30.4 Å². The first-order chi connectivity index (χ1) is 10.7. The fourth-order valence-electron chi connectivity index (χ4n) is 2.16. The van der Waals surface area contributed by atoms with Crippen LogP contribution in [0.3, 0.4) is 0 Å². The van der Waals surface area contributed by atoms with Gasteiger partial charge >= 0.3 is 0 Å². The highest BCUT2D eigenvalue weighted by atomic mass is 16.6. The van der Waals surface area contributed by atoms with Crippen LogP contribution in [0.25, 0.3) is 0 Å². The minimum Gasteiger partial charge on any atom is -0.395 e. The number of oxime groups is 1. The Labute approximate surface area is 130 Å². The Morgan fingerprint density at radius 3 is 3.05 bits per heavy atom. The molecule has 0 spiro atoms. The summed E-state index contributed by atoms with van der Waals surface area (Å²) in [5, 5.41) is 4.00. The van der Waals surface area contributed by atoms with Gasteiger partial charge < -0.3 is 14.3 Å². The molecule has 1 aliphatic rings. The summed E-state index contributed by atoms with van der Waals surface area (Å²) in [5.41, 5.74) is 2.18. The van der Waals surface area contributed by atoms with E-state index < -0.39 is 0 Å². The smallest absolute Gasteiger partial charge is 0.154 e. The van der Waals surface area contributed by atoms with Crippen molar-refractivity contribution in [1.82, 2.24) is 14.5 Å². The summed E-state index contributed by atoms with van der Waals surface area (Å²) < 4.78 is 2.02. The maximum atomic E-state index is 5.27. The summed E-state index contributed by atoms with van der Waals surface area (Å²) in [6, 6.07) is 3.97. The van der Waals surface area contributed by atoms with Gasteiger partial charge in [-0.1, -0.05) is 5.16 Å². The minimum absolute atomic E-state index is 0.710. The van der Waals surface area contributed by atoms with Crippen molar-refractivity contribution < 1.29 is 4.84 Å². The van der Waals surface area contributed by atoms with Crippen LogP contribution in [-0.4, -0.2) is 34.4 Å². The molecule has 0 radical (unpaired) electrons. The largest absolute Gasteiger partial charge is 0.395 e. The van der Waals surface area contributed by atoms with Crippen molar-refractivity contribution in [1.29, 1.82) is 0 Å². The lowest BCUT2D eigenvalue weighted by Crippen LogP contribution is -2.18. The molecule has 2 aromatic rings. The lowest BCUT2D eigenvalue weighted by Gasteiger charge is -2.18.